The standard InChI is InChI=1S/C15H25NO2/c1-13(2)17-11-6-9-16-10-12-18-15-8-5-4-7-14(15)3/h4-5,7-8,13,16H,6,9-12H2,1-3H3. The molecule has 1 rings (SSSR count). The highest BCUT2D eigenvalue weighted by atomic mass is 16.5. The quantitative estimate of drug-likeness (QED) is 0.685. The zero-order valence-electron chi connectivity index (χ0n) is 11.7. The minimum atomic E-state index is 0.328. The molecule has 3 heteroatoms. The Morgan fingerprint density at radius 3 is 2.61 bits per heavy atom. The minimum absolute atomic E-state index is 0.328. The Kier molecular flexibility index (Phi) is 7.46. The van der Waals surface area contributed by atoms with Crippen LogP contribution >= 0.6 is 0 Å². The summed E-state index contributed by atoms with van der Waals surface area (Å²) in [6.45, 7) is 9.55. The van der Waals surface area contributed by atoms with Crippen LogP contribution in [0.15, 0.2) is 24.3 Å². The Morgan fingerprint density at radius 2 is 1.89 bits per heavy atom. The van der Waals surface area contributed by atoms with Crippen LogP contribution in [0.25, 0.3) is 0 Å². The van der Waals surface area contributed by atoms with Crippen molar-refractivity contribution in [2.24, 2.45) is 0 Å². The number of benzene rings is 1. The predicted octanol–water partition coefficient (Wildman–Crippen LogP) is 2.78. The zero-order valence-corrected chi connectivity index (χ0v) is 11.7. The lowest BCUT2D eigenvalue weighted by atomic mass is 10.2. The molecule has 0 atom stereocenters. The maximum Gasteiger partial charge on any atom is 0.122 e. The van der Waals surface area contributed by atoms with Crippen molar-refractivity contribution < 1.29 is 9.47 Å². The summed E-state index contributed by atoms with van der Waals surface area (Å²) in [4.78, 5) is 0. The molecule has 1 N–H and O–H groups in total. The summed E-state index contributed by atoms with van der Waals surface area (Å²) in [5.41, 5.74) is 1.18. The van der Waals surface area contributed by atoms with Gasteiger partial charge in [0.1, 0.15) is 12.4 Å². The van der Waals surface area contributed by atoms with E-state index in [0.29, 0.717) is 12.7 Å². The summed E-state index contributed by atoms with van der Waals surface area (Å²) in [7, 11) is 0. The molecular weight excluding hydrogens is 226 g/mol. The molecule has 0 radical (unpaired) electrons. The summed E-state index contributed by atoms with van der Waals surface area (Å²) in [6.07, 6.45) is 1.37. The fourth-order valence-corrected chi connectivity index (χ4v) is 1.59. The van der Waals surface area contributed by atoms with Gasteiger partial charge in [-0.15, -0.1) is 0 Å². The Hall–Kier alpha value is -1.06. The van der Waals surface area contributed by atoms with Gasteiger partial charge in [0.2, 0.25) is 0 Å². The molecule has 18 heavy (non-hydrogen) atoms. The van der Waals surface area contributed by atoms with E-state index in [1.165, 1.54) is 5.56 Å². The van der Waals surface area contributed by atoms with E-state index < -0.39 is 0 Å². The van der Waals surface area contributed by atoms with E-state index in [4.69, 9.17) is 9.47 Å². The Balaban J connectivity index is 1.98. The fraction of sp³-hybridized carbons (Fsp3) is 0.600. The molecule has 0 saturated heterocycles. The van der Waals surface area contributed by atoms with Gasteiger partial charge in [0.15, 0.2) is 0 Å². The number of rotatable bonds is 9. The highest BCUT2D eigenvalue weighted by molar-refractivity contribution is 5.31. The number of hydrogen-bond acceptors (Lipinski definition) is 3. The van der Waals surface area contributed by atoms with Crippen molar-refractivity contribution in [3.63, 3.8) is 0 Å². The summed E-state index contributed by atoms with van der Waals surface area (Å²) >= 11 is 0. The van der Waals surface area contributed by atoms with Crippen molar-refractivity contribution in [1.29, 1.82) is 0 Å². The lowest BCUT2D eigenvalue weighted by Crippen LogP contribution is -2.23. The summed E-state index contributed by atoms with van der Waals surface area (Å²) in [5.74, 6) is 0.974. The molecule has 102 valence electrons. The lowest BCUT2D eigenvalue weighted by Gasteiger charge is -2.10. The second-order valence-electron chi connectivity index (χ2n) is 4.64. The van der Waals surface area contributed by atoms with Gasteiger partial charge in [-0.2, -0.15) is 0 Å². The highest BCUT2D eigenvalue weighted by Crippen LogP contribution is 2.15. The minimum Gasteiger partial charge on any atom is -0.492 e. The van der Waals surface area contributed by atoms with Gasteiger partial charge in [-0.3, -0.25) is 0 Å². The first kappa shape index (κ1) is 15.0. The van der Waals surface area contributed by atoms with Crippen molar-refractivity contribution in [2.45, 2.75) is 33.3 Å². The van der Waals surface area contributed by atoms with Crippen LogP contribution in [0.2, 0.25) is 0 Å². The summed E-state index contributed by atoms with van der Waals surface area (Å²) < 4.78 is 11.1. The first-order chi connectivity index (χ1) is 8.70. The average molecular weight is 251 g/mol. The smallest absolute Gasteiger partial charge is 0.122 e. The van der Waals surface area contributed by atoms with Crippen LogP contribution in [0.3, 0.4) is 0 Å². The largest absolute Gasteiger partial charge is 0.492 e. The van der Waals surface area contributed by atoms with Crippen molar-refractivity contribution in [3.05, 3.63) is 29.8 Å². The molecular formula is C15H25NO2. The molecule has 1 aromatic carbocycles. The fourth-order valence-electron chi connectivity index (χ4n) is 1.59. The van der Waals surface area contributed by atoms with Gasteiger partial charge in [-0.05, 0) is 45.4 Å². The van der Waals surface area contributed by atoms with Crippen molar-refractivity contribution in [1.82, 2.24) is 5.32 Å². The predicted molar refractivity (Wildman–Crippen MR) is 75.2 cm³/mol. The Bertz CT molecular complexity index is 326. The second kappa shape index (κ2) is 8.95. The Labute approximate surface area is 110 Å². The molecule has 0 aromatic heterocycles. The Morgan fingerprint density at radius 1 is 1.11 bits per heavy atom. The van der Waals surface area contributed by atoms with Gasteiger partial charge in [0.05, 0.1) is 6.10 Å². The zero-order chi connectivity index (χ0) is 13.2. The van der Waals surface area contributed by atoms with Gasteiger partial charge in [-0.1, -0.05) is 18.2 Å². The normalized spacial score (nSPS) is 10.9. The van der Waals surface area contributed by atoms with Crippen LogP contribution in [0.1, 0.15) is 25.8 Å². The molecule has 0 aliphatic heterocycles. The maximum atomic E-state index is 5.69. The van der Waals surface area contributed by atoms with Gasteiger partial charge >= 0.3 is 0 Å². The van der Waals surface area contributed by atoms with E-state index in [1.54, 1.807) is 0 Å². The molecule has 0 saturated carbocycles. The monoisotopic (exact) mass is 251 g/mol. The molecule has 0 amide bonds. The van der Waals surface area contributed by atoms with Crippen LogP contribution in [-0.2, 0) is 4.74 Å². The van der Waals surface area contributed by atoms with Crippen LogP contribution in [0, 0.1) is 6.92 Å². The second-order valence-corrected chi connectivity index (χ2v) is 4.64. The third-order valence-electron chi connectivity index (χ3n) is 2.58. The summed E-state index contributed by atoms with van der Waals surface area (Å²) in [5, 5.41) is 3.34. The first-order valence-electron chi connectivity index (χ1n) is 6.71. The first-order valence-corrected chi connectivity index (χ1v) is 6.71. The highest BCUT2D eigenvalue weighted by Gasteiger charge is 1.97. The summed E-state index contributed by atoms with van der Waals surface area (Å²) in [6, 6.07) is 8.09. The molecule has 3 nitrogen and oxygen atoms in total. The molecule has 0 unspecified atom stereocenters. The number of para-hydroxylation sites is 1. The van der Waals surface area contributed by atoms with E-state index in [1.807, 2.05) is 18.2 Å². The molecule has 0 aliphatic carbocycles. The van der Waals surface area contributed by atoms with Gasteiger partial charge < -0.3 is 14.8 Å². The van der Waals surface area contributed by atoms with E-state index in [-0.39, 0.29) is 0 Å². The van der Waals surface area contributed by atoms with Crippen LogP contribution < -0.4 is 10.1 Å². The van der Waals surface area contributed by atoms with E-state index >= 15 is 0 Å². The van der Waals surface area contributed by atoms with Crippen LogP contribution in [0.4, 0.5) is 0 Å². The van der Waals surface area contributed by atoms with Crippen LogP contribution in [-0.4, -0.2) is 32.4 Å². The van der Waals surface area contributed by atoms with Crippen molar-refractivity contribution in [2.75, 3.05) is 26.3 Å². The van der Waals surface area contributed by atoms with Gasteiger partial charge in [0, 0.05) is 13.2 Å². The van der Waals surface area contributed by atoms with Gasteiger partial charge in [-0.25, -0.2) is 0 Å². The number of hydrogen-bond donors (Lipinski definition) is 1. The molecule has 0 aliphatic rings. The number of ether oxygens (including phenoxy) is 2. The number of nitrogens with one attached hydrogen (secondary N) is 1. The molecule has 1 aromatic rings. The number of aryl methyl sites for hydroxylation is 1. The van der Waals surface area contributed by atoms with E-state index in [0.717, 1.165) is 31.9 Å². The maximum absolute atomic E-state index is 5.69. The molecule has 0 spiro atoms. The SMILES string of the molecule is Cc1ccccc1OCCNCCCOC(C)C. The van der Waals surface area contributed by atoms with Crippen molar-refractivity contribution >= 4 is 0 Å². The van der Waals surface area contributed by atoms with Crippen molar-refractivity contribution in [3.8, 4) is 5.75 Å². The van der Waals surface area contributed by atoms with E-state index in [9.17, 15) is 0 Å². The van der Waals surface area contributed by atoms with Gasteiger partial charge in [0.25, 0.3) is 0 Å². The third-order valence-corrected chi connectivity index (χ3v) is 2.58. The molecule has 0 heterocycles. The molecule has 0 fully saturated rings. The topological polar surface area (TPSA) is 30.5 Å². The average Bonchev–Trinajstić information content (AvgIpc) is 2.34. The lowest BCUT2D eigenvalue weighted by molar-refractivity contribution is 0.0770. The third kappa shape index (κ3) is 6.62. The van der Waals surface area contributed by atoms with E-state index in [2.05, 4.69) is 32.2 Å². The van der Waals surface area contributed by atoms with Crippen LogP contribution in [0.5, 0.6) is 5.75 Å². The molecule has 0 bridgehead atoms.